The van der Waals surface area contributed by atoms with Crippen LogP contribution in [0.2, 0.25) is 0 Å². The van der Waals surface area contributed by atoms with Crippen LogP contribution in [0.1, 0.15) is 32.1 Å². The van der Waals surface area contributed by atoms with Gasteiger partial charge in [0.05, 0.1) is 0 Å². The van der Waals surface area contributed by atoms with E-state index in [2.05, 4.69) is 43.3 Å². The van der Waals surface area contributed by atoms with Crippen molar-refractivity contribution < 1.29 is 0 Å². The predicted octanol–water partition coefficient (Wildman–Crippen LogP) is 1.40. The number of rotatable bonds is 7. The fourth-order valence-corrected chi connectivity index (χ4v) is 2.66. The molecule has 0 spiro atoms. The summed E-state index contributed by atoms with van der Waals surface area (Å²) in [4.78, 5) is 4.68. The Labute approximate surface area is 101 Å². The van der Waals surface area contributed by atoms with Gasteiger partial charge in [-0.15, -0.1) is 0 Å². The Bertz CT molecular complexity index is 184. The average Bonchev–Trinajstić information content (AvgIpc) is 2.66. The molecule has 1 rings (SSSR count). The molecule has 1 saturated carbocycles. The summed E-state index contributed by atoms with van der Waals surface area (Å²) in [5.41, 5.74) is 0.443. The first kappa shape index (κ1) is 13.9. The van der Waals surface area contributed by atoms with Gasteiger partial charge in [-0.25, -0.2) is 0 Å². The van der Waals surface area contributed by atoms with E-state index < -0.39 is 0 Å². The summed E-state index contributed by atoms with van der Waals surface area (Å²) in [7, 11) is 8.73. The molecule has 1 aliphatic rings. The van der Waals surface area contributed by atoms with Crippen molar-refractivity contribution in [1.82, 2.24) is 15.1 Å². The molecule has 0 atom stereocenters. The molecule has 0 aromatic heterocycles. The largest absolute Gasteiger partial charge is 0.315 e. The summed E-state index contributed by atoms with van der Waals surface area (Å²) >= 11 is 0. The molecule has 0 aromatic rings. The highest BCUT2D eigenvalue weighted by atomic mass is 15.2. The van der Waals surface area contributed by atoms with Gasteiger partial charge in [0.1, 0.15) is 0 Å². The standard InChI is InChI=1S/C13H29N3/c1-15(2)11-7-10-14-12-13(16(3)4)8-5-6-9-13/h14H,5-12H2,1-4H3. The quantitative estimate of drug-likeness (QED) is 0.663. The number of nitrogens with one attached hydrogen (secondary N) is 1. The van der Waals surface area contributed by atoms with Crippen molar-refractivity contribution >= 4 is 0 Å². The molecule has 0 radical (unpaired) electrons. The van der Waals surface area contributed by atoms with E-state index >= 15 is 0 Å². The zero-order chi connectivity index (χ0) is 12.0. The molecular weight excluding hydrogens is 198 g/mol. The molecule has 0 amide bonds. The molecule has 0 unspecified atom stereocenters. The summed E-state index contributed by atoms with van der Waals surface area (Å²) in [6, 6.07) is 0. The SMILES string of the molecule is CN(C)CCCNCC1(N(C)C)CCCC1. The zero-order valence-corrected chi connectivity index (χ0v) is 11.6. The maximum Gasteiger partial charge on any atom is 0.0327 e. The molecule has 0 saturated heterocycles. The van der Waals surface area contributed by atoms with Crippen molar-refractivity contribution in [3.05, 3.63) is 0 Å². The smallest absolute Gasteiger partial charge is 0.0327 e. The Morgan fingerprint density at radius 2 is 1.69 bits per heavy atom. The Kier molecular flexibility index (Phi) is 5.73. The minimum atomic E-state index is 0.443. The summed E-state index contributed by atoms with van der Waals surface area (Å²) in [6.07, 6.45) is 6.77. The van der Waals surface area contributed by atoms with Gasteiger partial charge in [-0.3, -0.25) is 0 Å². The van der Waals surface area contributed by atoms with Gasteiger partial charge < -0.3 is 15.1 Å². The van der Waals surface area contributed by atoms with Crippen LogP contribution in [0.25, 0.3) is 0 Å². The van der Waals surface area contributed by atoms with E-state index in [0.29, 0.717) is 5.54 Å². The van der Waals surface area contributed by atoms with Crippen molar-refractivity contribution in [3.63, 3.8) is 0 Å². The first-order chi connectivity index (χ1) is 7.57. The van der Waals surface area contributed by atoms with Gasteiger partial charge in [-0.2, -0.15) is 0 Å². The van der Waals surface area contributed by atoms with Crippen molar-refractivity contribution in [2.45, 2.75) is 37.6 Å². The minimum absolute atomic E-state index is 0.443. The van der Waals surface area contributed by atoms with Crippen LogP contribution >= 0.6 is 0 Å². The molecule has 0 aliphatic heterocycles. The van der Waals surface area contributed by atoms with Crippen molar-refractivity contribution in [3.8, 4) is 0 Å². The van der Waals surface area contributed by atoms with Gasteiger partial charge in [0, 0.05) is 12.1 Å². The van der Waals surface area contributed by atoms with Crippen molar-refractivity contribution in [2.24, 2.45) is 0 Å². The number of hydrogen-bond donors (Lipinski definition) is 1. The van der Waals surface area contributed by atoms with Crippen LogP contribution in [0.4, 0.5) is 0 Å². The molecular formula is C13H29N3. The van der Waals surface area contributed by atoms with Crippen molar-refractivity contribution in [2.75, 3.05) is 47.8 Å². The van der Waals surface area contributed by atoms with E-state index in [-0.39, 0.29) is 0 Å². The van der Waals surface area contributed by atoms with Gasteiger partial charge >= 0.3 is 0 Å². The van der Waals surface area contributed by atoms with E-state index in [9.17, 15) is 0 Å². The summed E-state index contributed by atoms with van der Waals surface area (Å²) < 4.78 is 0. The lowest BCUT2D eigenvalue weighted by molar-refractivity contribution is 0.154. The molecule has 1 aliphatic carbocycles. The number of hydrogen-bond acceptors (Lipinski definition) is 3. The summed E-state index contributed by atoms with van der Waals surface area (Å²) in [5, 5.41) is 3.64. The molecule has 16 heavy (non-hydrogen) atoms. The van der Waals surface area contributed by atoms with E-state index in [4.69, 9.17) is 0 Å². The van der Waals surface area contributed by atoms with Crippen molar-refractivity contribution in [1.29, 1.82) is 0 Å². The highest BCUT2D eigenvalue weighted by Gasteiger charge is 2.35. The van der Waals surface area contributed by atoms with E-state index in [1.54, 1.807) is 0 Å². The van der Waals surface area contributed by atoms with E-state index in [1.807, 2.05) is 0 Å². The molecule has 1 fully saturated rings. The predicted molar refractivity (Wildman–Crippen MR) is 70.9 cm³/mol. The number of nitrogens with zero attached hydrogens (tertiary/aromatic N) is 2. The molecule has 0 bridgehead atoms. The molecule has 1 N–H and O–H groups in total. The van der Waals surface area contributed by atoms with Gasteiger partial charge in [0.15, 0.2) is 0 Å². The number of likely N-dealkylation sites (N-methyl/N-ethyl adjacent to an activating group) is 1. The third kappa shape index (κ3) is 4.04. The highest BCUT2D eigenvalue weighted by Crippen LogP contribution is 2.32. The van der Waals surface area contributed by atoms with Crippen LogP contribution in [0.15, 0.2) is 0 Å². The van der Waals surface area contributed by atoms with E-state index in [0.717, 1.165) is 13.1 Å². The summed E-state index contributed by atoms with van der Waals surface area (Å²) in [6.45, 7) is 3.49. The maximum absolute atomic E-state index is 3.64. The first-order valence-electron chi connectivity index (χ1n) is 6.60. The Hall–Kier alpha value is -0.120. The lowest BCUT2D eigenvalue weighted by Gasteiger charge is -2.36. The maximum atomic E-state index is 3.64. The monoisotopic (exact) mass is 227 g/mol. The van der Waals surface area contributed by atoms with Crippen LogP contribution < -0.4 is 5.32 Å². The van der Waals surface area contributed by atoms with Crippen LogP contribution in [0.5, 0.6) is 0 Å². The van der Waals surface area contributed by atoms with Crippen LogP contribution in [-0.4, -0.2) is 63.2 Å². The Morgan fingerprint density at radius 3 is 2.19 bits per heavy atom. The molecule has 3 heteroatoms. The van der Waals surface area contributed by atoms with Crippen LogP contribution in [0, 0.1) is 0 Å². The van der Waals surface area contributed by atoms with Crippen LogP contribution in [0.3, 0.4) is 0 Å². The first-order valence-corrected chi connectivity index (χ1v) is 6.60. The molecule has 0 aromatic carbocycles. The zero-order valence-electron chi connectivity index (χ0n) is 11.6. The fraction of sp³-hybridized carbons (Fsp3) is 1.00. The topological polar surface area (TPSA) is 18.5 Å². The Balaban J connectivity index is 2.19. The lowest BCUT2D eigenvalue weighted by atomic mass is 9.96. The molecule has 3 nitrogen and oxygen atoms in total. The van der Waals surface area contributed by atoms with Gasteiger partial charge in [0.25, 0.3) is 0 Å². The highest BCUT2D eigenvalue weighted by molar-refractivity contribution is 4.94. The average molecular weight is 227 g/mol. The van der Waals surface area contributed by atoms with E-state index in [1.165, 1.54) is 38.6 Å². The lowest BCUT2D eigenvalue weighted by Crippen LogP contribution is -2.49. The second-order valence-corrected chi connectivity index (χ2v) is 5.66. The molecule has 96 valence electrons. The molecule has 0 heterocycles. The van der Waals surface area contributed by atoms with Gasteiger partial charge in [-0.1, -0.05) is 12.8 Å². The third-order valence-electron chi connectivity index (χ3n) is 3.90. The Morgan fingerprint density at radius 1 is 1.06 bits per heavy atom. The van der Waals surface area contributed by atoms with Gasteiger partial charge in [-0.05, 0) is 60.5 Å². The second kappa shape index (κ2) is 6.58. The summed E-state index contributed by atoms with van der Waals surface area (Å²) in [5.74, 6) is 0. The second-order valence-electron chi connectivity index (χ2n) is 5.66. The minimum Gasteiger partial charge on any atom is -0.315 e. The fourth-order valence-electron chi connectivity index (χ4n) is 2.66. The van der Waals surface area contributed by atoms with Crippen LogP contribution in [-0.2, 0) is 0 Å². The third-order valence-corrected chi connectivity index (χ3v) is 3.90. The normalized spacial score (nSPS) is 19.9. The van der Waals surface area contributed by atoms with Gasteiger partial charge in [0.2, 0.25) is 0 Å².